The van der Waals surface area contributed by atoms with Crippen LogP contribution in [0.15, 0.2) is 42.7 Å². The molecule has 0 saturated carbocycles. The number of rotatable bonds is 3. The first-order chi connectivity index (χ1) is 13.5. The molecule has 3 aromatic rings. The first-order valence-corrected chi connectivity index (χ1v) is 8.54. The summed E-state index contributed by atoms with van der Waals surface area (Å²) in [5.74, 6) is 7.34. The summed E-state index contributed by atoms with van der Waals surface area (Å²) in [6.45, 7) is 4.07. The number of aromatic nitrogens is 3. The summed E-state index contributed by atoms with van der Waals surface area (Å²) < 4.78 is 5.93. The molecular formula is C21H18N6O. The predicted octanol–water partition coefficient (Wildman–Crippen LogP) is 3.22. The van der Waals surface area contributed by atoms with Crippen LogP contribution in [0.5, 0.6) is 11.5 Å². The van der Waals surface area contributed by atoms with Crippen LogP contribution in [0.4, 0.5) is 11.8 Å². The van der Waals surface area contributed by atoms with E-state index in [2.05, 4.69) is 32.9 Å². The van der Waals surface area contributed by atoms with Gasteiger partial charge >= 0.3 is 0 Å². The normalized spacial score (nSPS) is 10.1. The number of pyridine rings is 1. The van der Waals surface area contributed by atoms with Crippen molar-refractivity contribution in [3.63, 3.8) is 0 Å². The van der Waals surface area contributed by atoms with Crippen LogP contribution in [0.25, 0.3) is 0 Å². The first-order valence-electron chi connectivity index (χ1n) is 8.54. The Labute approximate surface area is 163 Å². The summed E-state index contributed by atoms with van der Waals surface area (Å²) in [5, 5.41) is 8.86. The van der Waals surface area contributed by atoms with Gasteiger partial charge in [0.2, 0.25) is 5.95 Å². The van der Waals surface area contributed by atoms with Crippen molar-refractivity contribution in [3.8, 4) is 29.4 Å². The van der Waals surface area contributed by atoms with Gasteiger partial charge in [-0.3, -0.25) is 0 Å². The molecule has 0 amide bonds. The number of nitriles is 1. The third-order valence-corrected chi connectivity index (χ3v) is 3.89. The van der Waals surface area contributed by atoms with Gasteiger partial charge in [0, 0.05) is 23.4 Å². The van der Waals surface area contributed by atoms with E-state index in [1.807, 2.05) is 13.8 Å². The molecule has 0 saturated heterocycles. The molecule has 138 valence electrons. The Kier molecular flexibility index (Phi) is 5.38. The van der Waals surface area contributed by atoms with E-state index in [1.165, 1.54) is 6.20 Å². The average molecular weight is 370 g/mol. The molecule has 7 nitrogen and oxygen atoms in total. The smallest absolute Gasteiger partial charge is 0.222 e. The van der Waals surface area contributed by atoms with Gasteiger partial charge in [0.25, 0.3) is 0 Å². The molecule has 0 radical (unpaired) electrons. The van der Waals surface area contributed by atoms with Gasteiger partial charge < -0.3 is 16.2 Å². The van der Waals surface area contributed by atoms with Crippen molar-refractivity contribution in [1.82, 2.24) is 15.0 Å². The molecule has 7 heteroatoms. The summed E-state index contributed by atoms with van der Waals surface area (Å²) in [7, 11) is 0. The lowest BCUT2D eigenvalue weighted by molar-refractivity contribution is 0.470. The Hall–Kier alpha value is -4.10. The molecule has 2 heterocycles. The highest BCUT2D eigenvalue weighted by Crippen LogP contribution is 2.32. The van der Waals surface area contributed by atoms with E-state index in [9.17, 15) is 0 Å². The lowest BCUT2D eigenvalue weighted by Crippen LogP contribution is -2.03. The van der Waals surface area contributed by atoms with Crippen molar-refractivity contribution in [2.24, 2.45) is 0 Å². The van der Waals surface area contributed by atoms with Gasteiger partial charge in [0.1, 0.15) is 11.4 Å². The van der Waals surface area contributed by atoms with E-state index in [0.717, 1.165) is 11.1 Å². The van der Waals surface area contributed by atoms with Crippen LogP contribution in [0.1, 0.15) is 42.1 Å². The molecule has 4 N–H and O–H groups in total. The molecule has 2 aromatic heterocycles. The molecule has 28 heavy (non-hydrogen) atoms. The average Bonchev–Trinajstić information content (AvgIpc) is 2.69. The Morgan fingerprint density at radius 1 is 0.964 bits per heavy atom. The number of hydrogen-bond acceptors (Lipinski definition) is 7. The number of nitrogen functional groups attached to an aromatic ring is 2. The number of nitrogens with zero attached hydrogens (tertiary/aromatic N) is 4. The first kappa shape index (κ1) is 18.7. The number of ether oxygens (including phenoxy) is 1. The monoisotopic (exact) mass is 370 g/mol. The van der Waals surface area contributed by atoms with Crippen LogP contribution >= 0.6 is 0 Å². The van der Waals surface area contributed by atoms with Crippen LogP contribution in [-0.4, -0.2) is 15.0 Å². The molecule has 0 spiro atoms. The Bertz CT molecular complexity index is 1100. The number of nitrogens with two attached hydrogens (primary N) is 2. The second-order valence-electron chi connectivity index (χ2n) is 6.28. The highest BCUT2D eigenvalue weighted by molar-refractivity contribution is 5.52. The molecule has 0 aliphatic rings. The van der Waals surface area contributed by atoms with Gasteiger partial charge in [-0.25, -0.2) is 9.97 Å². The SMILES string of the molecule is CC(C)c1cnc(C#Cc2ccc(C#N)cc2)cc1Oc1cnc(N)nc1N. The van der Waals surface area contributed by atoms with Crippen LogP contribution in [-0.2, 0) is 0 Å². The van der Waals surface area contributed by atoms with Crippen molar-refractivity contribution in [1.29, 1.82) is 5.26 Å². The van der Waals surface area contributed by atoms with Gasteiger partial charge in [-0.05, 0) is 36.1 Å². The minimum atomic E-state index is 0.0811. The van der Waals surface area contributed by atoms with Crippen LogP contribution in [0.2, 0.25) is 0 Å². The quantitative estimate of drug-likeness (QED) is 0.678. The summed E-state index contributed by atoms with van der Waals surface area (Å²) >= 11 is 0. The molecule has 0 aliphatic carbocycles. The standard InChI is InChI=1S/C21H18N6O/c1-13(2)17-11-25-16(8-7-14-3-5-15(10-22)6-4-14)9-18(17)28-19-12-26-21(24)27-20(19)23/h3-6,9,11-13H,1-2H3,(H4,23,24,26,27). The third-order valence-electron chi connectivity index (χ3n) is 3.89. The van der Waals surface area contributed by atoms with E-state index >= 15 is 0 Å². The zero-order valence-corrected chi connectivity index (χ0v) is 15.5. The van der Waals surface area contributed by atoms with E-state index in [4.69, 9.17) is 21.5 Å². The number of hydrogen-bond donors (Lipinski definition) is 2. The second kappa shape index (κ2) is 8.07. The van der Waals surface area contributed by atoms with E-state index < -0.39 is 0 Å². The lowest BCUT2D eigenvalue weighted by atomic mass is 10.0. The largest absolute Gasteiger partial charge is 0.451 e. The fourth-order valence-corrected chi connectivity index (χ4v) is 2.40. The van der Waals surface area contributed by atoms with Crippen molar-refractivity contribution in [3.05, 3.63) is 65.1 Å². The highest BCUT2D eigenvalue weighted by Gasteiger charge is 2.13. The van der Waals surface area contributed by atoms with E-state index in [1.54, 1.807) is 36.5 Å². The highest BCUT2D eigenvalue weighted by atomic mass is 16.5. The fraction of sp³-hybridized carbons (Fsp3) is 0.143. The molecule has 3 rings (SSSR count). The molecule has 1 aromatic carbocycles. The van der Waals surface area contributed by atoms with Gasteiger partial charge in [0.15, 0.2) is 11.6 Å². The topological polar surface area (TPSA) is 124 Å². The molecular weight excluding hydrogens is 352 g/mol. The van der Waals surface area contributed by atoms with Gasteiger partial charge in [0.05, 0.1) is 17.8 Å². The van der Waals surface area contributed by atoms with Crippen LogP contribution in [0.3, 0.4) is 0 Å². The van der Waals surface area contributed by atoms with Crippen molar-refractivity contribution in [2.75, 3.05) is 11.5 Å². The Morgan fingerprint density at radius 2 is 1.68 bits per heavy atom. The second-order valence-corrected chi connectivity index (χ2v) is 6.28. The number of benzene rings is 1. The van der Waals surface area contributed by atoms with Crippen LogP contribution < -0.4 is 16.2 Å². The maximum atomic E-state index is 8.86. The lowest BCUT2D eigenvalue weighted by Gasteiger charge is -2.14. The molecule has 0 atom stereocenters. The van der Waals surface area contributed by atoms with Crippen molar-refractivity contribution >= 4 is 11.8 Å². The number of anilines is 2. The Balaban J connectivity index is 1.93. The molecule has 0 unspecified atom stereocenters. The van der Waals surface area contributed by atoms with E-state index in [-0.39, 0.29) is 17.7 Å². The minimum absolute atomic E-state index is 0.0811. The van der Waals surface area contributed by atoms with Gasteiger partial charge in [-0.2, -0.15) is 10.2 Å². The third kappa shape index (κ3) is 4.35. The summed E-state index contributed by atoms with van der Waals surface area (Å²) in [5.41, 5.74) is 14.2. The predicted molar refractivity (Wildman–Crippen MR) is 106 cm³/mol. The van der Waals surface area contributed by atoms with Crippen molar-refractivity contribution < 1.29 is 4.74 Å². The van der Waals surface area contributed by atoms with Crippen LogP contribution in [0, 0.1) is 23.2 Å². The maximum Gasteiger partial charge on any atom is 0.222 e. The fourth-order valence-electron chi connectivity index (χ4n) is 2.40. The molecule has 0 bridgehead atoms. The summed E-state index contributed by atoms with van der Waals surface area (Å²) in [6, 6.07) is 10.8. The molecule has 0 fully saturated rings. The minimum Gasteiger partial charge on any atom is -0.451 e. The van der Waals surface area contributed by atoms with Crippen molar-refractivity contribution in [2.45, 2.75) is 19.8 Å². The Morgan fingerprint density at radius 3 is 2.32 bits per heavy atom. The molecule has 0 aliphatic heterocycles. The summed E-state index contributed by atoms with van der Waals surface area (Å²) in [4.78, 5) is 12.2. The zero-order chi connectivity index (χ0) is 20.1. The van der Waals surface area contributed by atoms with Gasteiger partial charge in [-0.1, -0.05) is 19.8 Å². The maximum absolute atomic E-state index is 8.86. The van der Waals surface area contributed by atoms with Gasteiger partial charge in [-0.15, -0.1) is 0 Å². The zero-order valence-electron chi connectivity index (χ0n) is 15.5. The summed E-state index contributed by atoms with van der Waals surface area (Å²) in [6.07, 6.45) is 3.17. The van der Waals surface area contributed by atoms with E-state index in [0.29, 0.717) is 22.8 Å².